The second-order valence-corrected chi connectivity index (χ2v) is 14.8. The minimum atomic E-state index is -0.593. The van der Waals surface area contributed by atoms with Crippen LogP contribution in [0, 0.1) is 0 Å². The maximum atomic E-state index is 5.23. The molecular formula is C52H38N4. The fourth-order valence-corrected chi connectivity index (χ4v) is 9.30. The number of anilines is 3. The van der Waals surface area contributed by atoms with Gasteiger partial charge in [0, 0.05) is 23.1 Å². The smallest absolute Gasteiger partial charge is 0.104 e. The third-order valence-electron chi connectivity index (χ3n) is 11.8. The Morgan fingerprint density at radius 3 is 1.82 bits per heavy atom. The Balaban J connectivity index is 1.03. The summed E-state index contributed by atoms with van der Waals surface area (Å²) in [4.78, 5) is 7.64. The predicted molar refractivity (Wildman–Crippen MR) is 228 cm³/mol. The van der Waals surface area contributed by atoms with Gasteiger partial charge in [0.05, 0.1) is 28.5 Å². The highest BCUT2D eigenvalue weighted by Crippen LogP contribution is 2.63. The lowest BCUT2D eigenvalue weighted by atomic mass is 9.66. The Morgan fingerprint density at radius 2 is 1.11 bits per heavy atom. The molecule has 2 atom stereocenters. The molecule has 8 aromatic rings. The number of pyridine rings is 1. The summed E-state index contributed by atoms with van der Waals surface area (Å²) >= 11 is 0. The van der Waals surface area contributed by atoms with Crippen molar-refractivity contribution in [2.75, 3.05) is 4.90 Å². The average Bonchev–Trinajstić information content (AvgIpc) is 3.57. The van der Waals surface area contributed by atoms with Crippen LogP contribution < -0.4 is 15.5 Å². The number of hydrogen-bond acceptors (Lipinski definition) is 4. The molecule has 3 aliphatic rings. The highest BCUT2D eigenvalue weighted by Gasteiger charge is 2.52. The quantitative estimate of drug-likeness (QED) is 0.186. The van der Waals surface area contributed by atoms with Gasteiger partial charge in [-0.05, 0) is 92.5 Å². The first-order valence-electron chi connectivity index (χ1n) is 19.4. The molecule has 0 saturated heterocycles. The maximum Gasteiger partial charge on any atom is 0.104 e. The molecule has 7 aromatic carbocycles. The number of rotatable bonds is 5. The Morgan fingerprint density at radius 1 is 0.482 bits per heavy atom. The second-order valence-electron chi connectivity index (χ2n) is 14.8. The fourth-order valence-electron chi connectivity index (χ4n) is 9.30. The molecule has 3 heterocycles. The summed E-state index contributed by atoms with van der Waals surface area (Å²) in [6, 6.07) is 70.2. The number of para-hydroxylation sites is 3. The van der Waals surface area contributed by atoms with Crippen molar-refractivity contribution in [3.63, 3.8) is 0 Å². The van der Waals surface area contributed by atoms with Crippen molar-refractivity contribution >= 4 is 22.8 Å². The SMILES string of the molecule is C1=C(c2ccccc2)NC(c2ccccc2)NC1c1ccc(-c2ccc3c(c2)C2(c4ccccc4N(c4ccccc4)c4ccccc42)c2ncccc2-3)cc1. The molecule has 4 heteroatoms. The topological polar surface area (TPSA) is 40.2 Å². The maximum absolute atomic E-state index is 5.23. The van der Waals surface area contributed by atoms with E-state index < -0.39 is 5.41 Å². The van der Waals surface area contributed by atoms with Crippen LogP contribution in [0.3, 0.4) is 0 Å². The Labute approximate surface area is 327 Å². The van der Waals surface area contributed by atoms with Gasteiger partial charge in [-0.3, -0.25) is 10.3 Å². The molecule has 0 radical (unpaired) electrons. The van der Waals surface area contributed by atoms with Crippen molar-refractivity contribution in [1.29, 1.82) is 0 Å². The van der Waals surface area contributed by atoms with E-state index >= 15 is 0 Å². The van der Waals surface area contributed by atoms with Gasteiger partial charge in [0.25, 0.3) is 0 Å². The molecule has 266 valence electrons. The summed E-state index contributed by atoms with van der Waals surface area (Å²) in [5, 5.41) is 7.61. The van der Waals surface area contributed by atoms with E-state index in [9.17, 15) is 0 Å². The van der Waals surface area contributed by atoms with Crippen molar-refractivity contribution in [3.05, 3.63) is 245 Å². The molecule has 11 rings (SSSR count). The second kappa shape index (κ2) is 13.1. The van der Waals surface area contributed by atoms with Crippen LogP contribution in [-0.2, 0) is 5.41 Å². The van der Waals surface area contributed by atoms with E-state index in [2.05, 4.69) is 216 Å². The van der Waals surface area contributed by atoms with Gasteiger partial charge >= 0.3 is 0 Å². The number of hydrogen-bond donors (Lipinski definition) is 2. The zero-order valence-corrected chi connectivity index (χ0v) is 30.7. The van der Waals surface area contributed by atoms with Gasteiger partial charge in [-0.1, -0.05) is 158 Å². The Hall–Kier alpha value is -7.01. The highest BCUT2D eigenvalue weighted by molar-refractivity contribution is 5.95. The van der Waals surface area contributed by atoms with Gasteiger partial charge in [-0.15, -0.1) is 0 Å². The number of benzene rings is 7. The summed E-state index contributed by atoms with van der Waals surface area (Å²) in [5.74, 6) is 0. The molecule has 0 saturated carbocycles. The number of nitrogens with one attached hydrogen (secondary N) is 2. The van der Waals surface area contributed by atoms with E-state index in [1.165, 1.54) is 67.0 Å². The van der Waals surface area contributed by atoms with Crippen LogP contribution >= 0.6 is 0 Å². The van der Waals surface area contributed by atoms with E-state index in [1.807, 2.05) is 6.20 Å². The first kappa shape index (κ1) is 32.4. The van der Waals surface area contributed by atoms with Crippen LogP contribution in [0.4, 0.5) is 17.1 Å². The van der Waals surface area contributed by atoms with Crippen molar-refractivity contribution in [2.45, 2.75) is 17.6 Å². The molecular weight excluding hydrogens is 681 g/mol. The zero-order valence-electron chi connectivity index (χ0n) is 30.7. The molecule has 56 heavy (non-hydrogen) atoms. The van der Waals surface area contributed by atoms with Crippen molar-refractivity contribution < 1.29 is 0 Å². The first-order chi connectivity index (χ1) is 27.8. The van der Waals surface area contributed by atoms with Gasteiger partial charge in [0.2, 0.25) is 0 Å². The largest absolute Gasteiger partial charge is 0.366 e. The molecule has 2 N–H and O–H groups in total. The minimum Gasteiger partial charge on any atom is -0.366 e. The molecule has 1 aliphatic carbocycles. The third kappa shape index (κ3) is 5.00. The molecule has 2 aliphatic heterocycles. The Kier molecular flexibility index (Phi) is 7.58. The van der Waals surface area contributed by atoms with Crippen LogP contribution in [0.2, 0.25) is 0 Å². The van der Waals surface area contributed by atoms with E-state index in [0.29, 0.717) is 0 Å². The lowest BCUT2D eigenvalue weighted by molar-refractivity contribution is 0.442. The summed E-state index contributed by atoms with van der Waals surface area (Å²) in [7, 11) is 0. The van der Waals surface area contributed by atoms with E-state index in [4.69, 9.17) is 4.98 Å². The Bertz CT molecular complexity index is 2710. The lowest BCUT2D eigenvalue weighted by Gasteiger charge is -2.44. The average molecular weight is 719 g/mol. The normalized spacial score (nSPS) is 17.2. The van der Waals surface area contributed by atoms with Crippen LogP contribution in [0.5, 0.6) is 0 Å². The standard InChI is InChI=1S/C52H38N4/c1-4-15-36(16-5-1)46-34-47(55-51(54-46)38-17-6-2-7-18-38)37-28-26-35(27-29-37)39-30-31-41-42-21-14-32-53-50(42)52(45(41)33-39)43-22-10-12-24-48(43)56(40-19-8-3-9-20-40)49-25-13-11-23-44(49)52/h1-34,47,51,54-55H. The highest BCUT2D eigenvalue weighted by atomic mass is 15.2. The minimum absolute atomic E-state index is 0.0247. The molecule has 4 nitrogen and oxygen atoms in total. The van der Waals surface area contributed by atoms with Gasteiger partial charge in [-0.25, -0.2) is 0 Å². The van der Waals surface area contributed by atoms with Gasteiger partial charge in [0.15, 0.2) is 0 Å². The fraction of sp³-hybridized carbons (Fsp3) is 0.0577. The monoisotopic (exact) mass is 718 g/mol. The van der Waals surface area contributed by atoms with Crippen LogP contribution in [-0.4, -0.2) is 4.98 Å². The van der Waals surface area contributed by atoms with Crippen LogP contribution in [0.15, 0.2) is 206 Å². The van der Waals surface area contributed by atoms with Crippen molar-refractivity contribution in [3.8, 4) is 22.3 Å². The van der Waals surface area contributed by atoms with Gasteiger partial charge < -0.3 is 10.2 Å². The zero-order chi connectivity index (χ0) is 37.1. The molecule has 1 aromatic heterocycles. The van der Waals surface area contributed by atoms with E-state index in [-0.39, 0.29) is 12.2 Å². The summed E-state index contributed by atoms with van der Waals surface area (Å²) in [6.07, 6.45) is 4.24. The number of fused-ring (bicyclic) bond motifs is 9. The summed E-state index contributed by atoms with van der Waals surface area (Å²) < 4.78 is 0. The van der Waals surface area contributed by atoms with Crippen LogP contribution in [0.1, 0.15) is 51.3 Å². The summed E-state index contributed by atoms with van der Waals surface area (Å²) in [5.41, 5.74) is 17.2. The lowest BCUT2D eigenvalue weighted by Crippen LogP contribution is -2.39. The van der Waals surface area contributed by atoms with Gasteiger partial charge in [0.1, 0.15) is 6.17 Å². The third-order valence-corrected chi connectivity index (χ3v) is 11.8. The van der Waals surface area contributed by atoms with Gasteiger partial charge in [-0.2, -0.15) is 0 Å². The van der Waals surface area contributed by atoms with Crippen molar-refractivity contribution in [2.24, 2.45) is 0 Å². The summed E-state index contributed by atoms with van der Waals surface area (Å²) in [6.45, 7) is 0. The van der Waals surface area contributed by atoms with E-state index in [0.717, 1.165) is 17.1 Å². The molecule has 2 unspecified atom stereocenters. The molecule has 0 amide bonds. The first-order valence-corrected chi connectivity index (χ1v) is 19.4. The molecule has 1 spiro atoms. The molecule has 0 fully saturated rings. The van der Waals surface area contributed by atoms with Crippen LogP contribution in [0.25, 0.3) is 28.0 Å². The molecule has 0 bridgehead atoms. The number of aromatic nitrogens is 1. The number of nitrogens with zero attached hydrogens (tertiary/aromatic N) is 2. The van der Waals surface area contributed by atoms with E-state index in [1.54, 1.807) is 0 Å². The van der Waals surface area contributed by atoms with Crippen molar-refractivity contribution in [1.82, 2.24) is 15.6 Å². The predicted octanol–water partition coefficient (Wildman–Crippen LogP) is 11.9.